The van der Waals surface area contributed by atoms with Gasteiger partial charge in [0, 0.05) is 42.6 Å². The Morgan fingerprint density at radius 3 is 2.79 bits per heavy atom. The third-order valence-corrected chi connectivity index (χ3v) is 5.60. The maximum atomic E-state index is 12.8. The predicted octanol–water partition coefficient (Wildman–Crippen LogP) is 4.32. The fraction of sp³-hybridized carbons (Fsp3) is 0.391. The standard InChI is InChI=1S/C23H28N4O2/c1-3-27-16-20(17(2)25-27)15-26-12-4-6-19(14-26)23(28)24-21-10-8-18(9-11-21)22-7-5-13-29-22/h5,7-11,13,16,19H,3-4,6,12,14-15H2,1-2H3,(H,24,28)/t19-/m0/s1. The van der Waals surface area contributed by atoms with Crippen LogP contribution in [0.1, 0.15) is 31.0 Å². The van der Waals surface area contributed by atoms with E-state index in [1.807, 2.05) is 41.1 Å². The van der Waals surface area contributed by atoms with Gasteiger partial charge in [0.2, 0.25) is 5.91 Å². The van der Waals surface area contributed by atoms with E-state index >= 15 is 0 Å². The fourth-order valence-electron chi connectivity index (χ4n) is 3.94. The van der Waals surface area contributed by atoms with Gasteiger partial charge in [-0.1, -0.05) is 0 Å². The van der Waals surface area contributed by atoms with Gasteiger partial charge >= 0.3 is 0 Å². The van der Waals surface area contributed by atoms with Crippen LogP contribution in [0.3, 0.4) is 0 Å². The Bertz CT molecular complexity index is 944. The van der Waals surface area contributed by atoms with Gasteiger partial charge in [-0.05, 0) is 69.6 Å². The van der Waals surface area contributed by atoms with Crippen LogP contribution < -0.4 is 5.32 Å². The minimum Gasteiger partial charge on any atom is -0.464 e. The van der Waals surface area contributed by atoms with Gasteiger partial charge in [-0.25, -0.2) is 0 Å². The van der Waals surface area contributed by atoms with Gasteiger partial charge in [0.1, 0.15) is 5.76 Å². The third kappa shape index (κ3) is 4.59. The number of anilines is 1. The zero-order valence-electron chi connectivity index (χ0n) is 17.1. The van der Waals surface area contributed by atoms with Crippen LogP contribution in [0.5, 0.6) is 0 Å². The second-order valence-corrected chi connectivity index (χ2v) is 7.71. The highest BCUT2D eigenvalue weighted by atomic mass is 16.3. The molecule has 1 fully saturated rings. The summed E-state index contributed by atoms with van der Waals surface area (Å²) in [6.07, 6.45) is 5.75. The maximum absolute atomic E-state index is 12.8. The van der Waals surface area contributed by atoms with Gasteiger partial charge in [-0.15, -0.1) is 0 Å². The molecule has 3 heterocycles. The van der Waals surface area contributed by atoms with Crippen molar-refractivity contribution in [3.05, 3.63) is 60.1 Å². The Hall–Kier alpha value is -2.86. The molecule has 1 aliphatic heterocycles. The van der Waals surface area contributed by atoms with Crippen molar-refractivity contribution in [1.82, 2.24) is 14.7 Å². The van der Waals surface area contributed by atoms with Gasteiger partial charge in [0.25, 0.3) is 0 Å². The first-order valence-electron chi connectivity index (χ1n) is 10.3. The molecular weight excluding hydrogens is 364 g/mol. The summed E-state index contributed by atoms with van der Waals surface area (Å²) >= 11 is 0. The summed E-state index contributed by atoms with van der Waals surface area (Å²) in [7, 11) is 0. The summed E-state index contributed by atoms with van der Waals surface area (Å²) in [5.74, 6) is 0.934. The van der Waals surface area contributed by atoms with E-state index in [0.717, 1.165) is 61.7 Å². The number of rotatable bonds is 6. The summed E-state index contributed by atoms with van der Waals surface area (Å²) in [6, 6.07) is 11.6. The van der Waals surface area contributed by atoms with Gasteiger partial charge in [0.15, 0.2) is 0 Å². The lowest BCUT2D eigenvalue weighted by atomic mass is 9.96. The molecule has 1 atom stereocenters. The number of benzene rings is 1. The first kappa shape index (κ1) is 19.5. The number of hydrogen-bond acceptors (Lipinski definition) is 4. The molecule has 0 spiro atoms. The highest BCUT2D eigenvalue weighted by Crippen LogP contribution is 2.24. The second kappa shape index (κ2) is 8.66. The van der Waals surface area contributed by atoms with Crippen LogP contribution in [-0.4, -0.2) is 33.7 Å². The molecule has 4 rings (SSSR count). The second-order valence-electron chi connectivity index (χ2n) is 7.71. The number of carbonyl (C=O) groups is 1. The molecule has 6 nitrogen and oxygen atoms in total. The van der Waals surface area contributed by atoms with Crippen molar-refractivity contribution < 1.29 is 9.21 Å². The van der Waals surface area contributed by atoms with Crippen molar-refractivity contribution in [2.24, 2.45) is 5.92 Å². The molecule has 6 heteroatoms. The molecule has 1 aromatic carbocycles. The number of hydrogen-bond donors (Lipinski definition) is 1. The fourth-order valence-corrected chi connectivity index (χ4v) is 3.94. The van der Waals surface area contributed by atoms with Crippen molar-refractivity contribution in [2.45, 2.75) is 39.8 Å². The monoisotopic (exact) mass is 392 g/mol. The van der Waals surface area contributed by atoms with Crippen molar-refractivity contribution in [1.29, 1.82) is 0 Å². The zero-order valence-corrected chi connectivity index (χ0v) is 17.1. The third-order valence-electron chi connectivity index (χ3n) is 5.60. The lowest BCUT2D eigenvalue weighted by molar-refractivity contribution is -0.121. The molecule has 0 bridgehead atoms. The van der Waals surface area contributed by atoms with E-state index in [-0.39, 0.29) is 11.8 Å². The Labute approximate surface area is 171 Å². The SMILES string of the molecule is CCn1cc(CN2CCC[C@H](C(=O)Nc3ccc(-c4ccco4)cc3)C2)c(C)n1. The molecule has 1 amide bonds. The first-order valence-corrected chi connectivity index (χ1v) is 10.3. The van der Waals surface area contributed by atoms with Crippen molar-refractivity contribution in [2.75, 3.05) is 18.4 Å². The van der Waals surface area contributed by atoms with Crippen LogP contribution in [-0.2, 0) is 17.9 Å². The average Bonchev–Trinajstić information content (AvgIpc) is 3.39. The van der Waals surface area contributed by atoms with Crippen molar-refractivity contribution >= 4 is 11.6 Å². The smallest absolute Gasteiger partial charge is 0.228 e. The minimum absolute atomic E-state index is 0.00928. The quantitative estimate of drug-likeness (QED) is 0.678. The van der Waals surface area contributed by atoms with E-state index in [0.29, 0.717) is 0 Å². The molecule has 0 radical (unpaired) electrons. The van der Waals surface area contributed by atoms with E-state index in [1.165, 1.54) is 5.56 Å². The molecule has 152 valence electrons. The Balaban J connectivity index is 1.35. The highest BCUT2D eigenvalue weighted by Gasteiger charge is 2.26. The molecule has 0 aliphatic carbocycles. The number of aromatic nitrogens is 2. The van der Waals surface area contributed by atoms with Gasteiger partial charge in [-0.3, -0.25) is 14.4 Å². The topological polar surface area (TPSA) is 63.3 Å². The zero-order chi connectivity index (χ0) is 20.2. The summed E-state index contributed by atoms with van der Waals surface area (Å²) in [4.78, 5) is 15.2. The molecule has 3 aromatic rings. The Kier molecular flexibility index (Phi) is 5.81. The van der Waals surface area contributed by atoms with E-state index in [1.54, 1.807) is 6.26 Å². The summed E-state index contributed by atoms with van der Waals surface area (Å²) in [5, 5.41) is 7.61. The number of carbonyl (C=O) groups excluding carboxylic acids is 1. The molecule has 1 N–H and O–H groups in total. The number of aryl methyl sites for hydroxylation is 2. The Morgan fingerprint density at radius 2 is 2.10 bits per heavy atom. The highest BCUT2D eigenvalue weighted by molar-refractivity contribution is 5.93. The normalized spacial score (nSPS) is 17.4. The summed E-state index contributed by atoms with van der Waals surface area (Å²) in [5.41, 5.74) is 4.15. The van der Waals surface area contributed by atoms with E-state index < -0.39 is 0 Å². The lowest BCUT2D eigenvalue weighted by Crippen LogP contribution is -2.40. The number of nitrogens with zero attached hydrogens (tertiary/aromatic N) is 3. The molecule has 1 saturated heterocycles. The van der Waals surface area contributed by atoms with Crippen LogP contribution >= 0.6 is 0 Å². The van der Waals surface area contributed by atoms with E-state index in [2.05, 4.69) is 35.4 Å². The maximum Gasteiger partial charge on any atom is 0.228 e. The van der Waals surface area contributed by atoms with Crippen LogP contribution in [0.15, 0.2) is 53.3 Å². The van der Waals surface area contributed by atoms with Gasteiger partial charge in [-0.2, -0.15) is 5.10 Å². The van der Waals surface area contributed by atoms with E-state index in [9.17, 15) is 4.79 Å². The molecule has 1 aliphatic rings. The number of furan rings is 1. The number of piperidine rings is 1. The van der Waals surface area contributed by atoms with Gasteiger partial charge in [0.05, 0.1) is 17.9 Å². The predicted molar refractivity (Wildman–Crippen MR) is 113 cm³/mol. The molecule has 29 heavy (non-hydrogen) atoms. The lowest BCUT2D eigenvalue weighted by Gasteiger charge is -2.31. The molecule has 2 aromatic heterocycles. The molecule has 0 unspecified atom stereocenters. The number of nitrogens with one attached hydrogen (secondary N) is 1. The first-order chi connectivity index (χ1) is 14.1. The summed E-state index contributed by atoms with van der Waals surface area (Å²) in [6.45, 7) is 7.70. The van der Waals surface area contributed by atoms with Crippen LogP contribution in [0.25, 0.3) is 11.3 Å². The summed E-state index contributed by atoms with van der Waals surface area (Å²) < 4.78 is 7.39. The van der Waals surface area contributed by atoms with Gasteiger partial charge < -0.3 is 9.73 Å². The number of amides is 1. The van der Waals surface area contributed by atoms with Crippen LogP contribution in [0.4, 0.5) is 5.69 Å². The number of likely N-dealkylation sites (tertiary alicyclic amines) is 1. The van der Waals surface area contributed by atoms with Crippen molar-refractivity contribution in [3.63, 3.8) is 0 Å². The van der Waals surface area contributed by atoms with E-state index in [4.69, 9.17) is 4.42 Å². The van der Waals surface area contributed by atoms with Crippen LogP contribution in [0, 0.1) is 12.8 Å². The largest absolute Gasteiger partial charge is 0.464 e. The molecular formula is C23H28N4O2. The average molecular weight is 393 g/mol. The van der Waals surface area contributed by atoms with Crippen molar-refractivity contribution in [3.8, 4) is 11.3 Å². The Morgan fingerprint density at radius 1 is 1.28 bits per heavy atom. The van der Waals surface area contributed by atoms with Crippen LogP contribution in [0.2, 0.25) is 0 Å². The minimum atomic E-state index is 0.00928. The molecule has 0 saturated carbocycles.